The van der Waals surface area contributed by atoms with Gasteiger partial charge in [-0.25, -0.2) is 0 Å². The lowest BCUT2D eigenvalue weighted by atomic mass is 10.00. The number of aromatic nitrogens is 6. The van der Waals surface area contributed by atoms with Gasteiger partial charge < -0.3 is 24.8 Å². The highest BCUT2D eigenvalue weighted by molar-refractivity contribution is 7.99. The van der Waals surface area contributed by atoms with Gasteiger partial charge in [-0.05, 0) is 88.4 Å². The maximum atomic E-state index is 12.8. The molecular weight excluding hydrogens is 861 g/mol. The number of aryl methyl sites for hydroxylation is 2. The Balaban J connectivity index is 0.883. The summed E-state index contributed by atoms with van der Waals surface area (Å²) in [7, 11) is 3.29. The second kappa shape index (κ2) is 20.7. The standard InChI is InChI=1S/C48H52N10O5S2/c1-7-49-43(59)27-39-47-55-53-29(3)57(47)41-19-13-33(61-5)25-37(41)45(51-39)31-9-15-35(16-10-31)64-23-21-63-22-24-65-36-17-11-32(12-18-36)46-38-26-34(62-6)14-20-42(38)58-30(4)54-56-48(58)40(52-46)28-44(60)50-8-2/h9-20,25-26,39-40H,7-8,21-24,27-28H2,1-6H3,(H,49,59)(H,50,60)/t39-,40-/m0/s1. The van der Waals surface area contributed by atoms with E-state index in [0.29, 0.717) is 61.1 Å². The first kappa shape index (κ1) is 45.3. The highest BCUT2D eigenvalue weighted by Crippen LogP contribution is 2.37. The van der Waals surface area contributed by atoms with E-state index in [4.69, 9.17) is 24.2 Å². The Morgan fingerprint density at radius 2 is 1.02 bits per heavy atom. The van der Waals surface area contributed by atoms with Crippen molar-refractivity contribution in [1.82, 2.24) is 40.2 Å². The summed E-state index contributed by atoms with van der Waals surface area (Å²) in [6.07, 6.45) is 0.299. The van der Waals surface area contributed by atoms with Gasteiger partial charge in [-0.3, -0.25) is 28.7 Å². The Hall–Kier alpha value is -6.30. The average molecular weight is 913 g/mol. The van der Waals surface area contributed by atoms with E-state index in [1.54, 1.807) is 37.7 Å². The van der Waals surface area contributed by atoms with Crippen molar-refractivity contribution in [2.45, 2.75) is 62.4 Å². The Kier molecular flexibility index (Phi) is 14.4. The number of aliphatic imine (C=N–C) groups is 2. The van der Waals surface area contributed by atoms with Gasteiger partial charge in [0.2, 0.25) is 11.8 Å². The van der Waals surface area contributed by atoms with Crippen molar-refractivity contribution >= 4 is 46.8 Å². The predicted octanol–water partition coefficient (Wildman–Crippen LogP) is 7.22. The summed E-state index contributed by atoms with van der Waals surface area (Å²) in [6.45, 7) is 9.90. The van der Waals surface area contributed by atoms with Crippen LogP contribution < -0.4 is 20.1 Å². The van der Waals surface area contributed by atoms with Crippen LogP contribution in [-0.2, 0) is 14.3 Å². The minimum Gasteiger partial charge on any atom is -0.497 e. The molecule has 4 aromatic carbocycles. The van der Waals surface area contributed by atoms with Crippen molar-refractivity contribution in [3.8, 4) is 22.9 Å². The molecule has 65 heavy (non-hydrogen) atoms. The van der Waals surface area contributed by atoms with Gasteiger partial charge in [-0.2, -0.15) is 0 Å². The predicted molar refractivity (Wildman–Crippen MR) is 254 cm³/mol. The second-order valence-electron chi connectivity index (χ2n) is 15.3. The fraction of sp³-hybridized carbons (Fsp3) is 0.333. The number of carbonyl (C=O) groups excluding carboxylic acids is 2. The molecule has 15 nitrogen and oxygen atoms in total. The van der Waals surface area contributed by atoms with E-state index < -0.39 is 12.1 Å². The number of thioether (sulfide) groups is 2. The van der Waals surface area contributed by atoms with Gasteiger partial charge >= 0.3 is 0 Å². The molecule has 0 bridgehead atoms. The molecule has 0 saturated heterocycles. The number of nitrogens with one attached hydrogen (secondary N) is 2. The number of rotatable bonds is 18. The van der Waals surface area contributed by atoms with Crippen LogP contribution in [0.1, 0.15) is 84.3 Å². The highest BCUT2D eigenvalue weighted by atomic mass is 32.2. The normalized spacial score (nSPS) is 15.0. The molecule has 6 aromatic rings. The van der Waals surface area contributed by atoms with Gasteiger partial charge in [0.1, 0.15) is 35.2 Å². The first-order chi connectivity index (χ1) is 31.7. The van der Waals surface area contributed by atoms with Gasteiger partial charge in [-0.15, -0.1) is 43.9 Å². The quantitative estimate of drug-likeness (QED) is 0.0659. The number of benzene rings is 4. The third-order valence-corrected chi connectivity index (χ3v) is 13.0. The smallest absolute Gasteiger partial charge is 0.222 e. The van der Waals surface area contributed by atoms with E-state index in [1.165, 1.54) is 0 Å². The second-order valence-corrected chi connectivity index (χ2v) is 17.6. The Morgan fingerprint density at radius 3 is 1.40 bits per heavy atom. The number of fused-ring (bicyclic) bond motifs is 6. The fourth-order valence-corrected chi connectivity index (χ4v) is 9.52. The summed E-state index contributed by atoms with van der Waals surface area (Å²) in [5.74, 6) is 5.50. The molecule has 0 fully saturated rings. The third kappa shape index (κ3) is 10.0. The van der Waals surface area contributed by atoms with Crippen LogP contribution in [0, 0.1) is 13.8 Å². The summed E-state index contributed by atoms with van der Waals surface area (Å²) >= 11 is 3.47. The number of amides is 2. The van der Waals surface area contributed by atoms with E-state index in [1.807, 2.05) is 73.2 Å². The van der Waals surface area contributed by atoms with Gasteiger partial charge in [0.05, 0.1) is 63.1 Å². The first-order valence-corrected chi connectivity index (χ1v) is 23.6. The van der Waals surface area contributed by atoms with Gasteiger partial charge in [0.15, 0.2) is 11.6 Å². The number of nitrogens with zero attached hydrogens (tertiary/aromatic N) is 8. The molecule has 0 aliphatic carbocycles. The van der Waals surface area contributed by atoms with Crippen molar-refractivity contribution in [2.75, 3.05) is 52.0 Å². The summed E-state index contributed by atoms with van der Waals surface area (Å²) in [4.78, 5) is 38.3. The van der Waals surface area contributed by atoms with E-state index in [-0.39, 0.29) is 24.7 Å². The van der Waals surface area contributed by atoms with Crippen molar-refractivity contribution in [1.29, 1.82) is 0 Å². The molecule has 2 amide bonds. The molecule has 2 atom stereocenters. The van der Waals surface area contributed by atoms with E-state index in [9.17, 15) is 9.59 Å². The Labute approximate surface area is 386 Å². The molecule has 2 aliphatic rings. The van der Waals surface area contributed by atoms with E-state index >= 15 is 0 Å². The van der Waals surface area contributed by atoms with Crippen LogP contribution in [0.3, 0.4) is 0 Å². The minimum atomic E-state index is -0.528. The molecule has 17 heteroatoms. The third-order valence-electron chi connectivity index (χ3n) is 11.0. The monoisotopic (exact) mass is 912 g/mol. The number of hydrogen-bond acceptors (Lipinski definition) is 13. The lowest BCUT2D eigenvalue weighted by Gasteiger charge is -2.14. The van der Waals surface area contributed by atoms with Gasteiger partial charge in [0.25, 0.3) is 0 Å². The van der Waals surface area contributed by atoms with Crippen molar-refractivity contribution in [2.24, 2.45) is 9.98 Å². The molecular formula is C48H52N10O5S2. The van der Waals surface area contributed by atoms with Crippen LogP contribution >= 0.6 is 23.5 Å². The average Bonchev–Trinajstić information content (AvgIpc) is 3.82. The summed E-state index contributed by atoms with van der Waals surface area (Å²) in [6, 6.07) is 27.4. The Morgan fingerprint density at radius 1 is 0.600 bits per heavy atom. The summed E-state index contributed by atoms with van der Waals surface area (Å²) in [5.41, 5.74) is 6.90. The molecule has 0 radical (unpaired) electrons. The SMILES string of the molecule is CCNC(=O)C[C@@H]1N=C(c2ccc(SCCOCCSc3ccc(C4=N[C@@H](CC(=O)NCC)c5nnc(C)n5-c5ccc(OC)cc54)cc3)cc2)c2cc(OC)ccc2-n2c(C)nnc21. The van der Waals surface area contributed by atoms with Crippen molar-refractivity contribution < 1.29 is 23.8 Å². The molecule has 2 aliphatic heterocycles. The summed E-state index contributed by atoms with van der Waals surface area (Å²) < 4.78 is 21.3. The van der Waals surface area contributed by atoms with Crippen LogP contribution in [0.5, 0.6) is 11.5 Å². The molecule has 2 aromatic heterocycles. The highest BCUT2D eigenvalue weighted by Gasteiger charge is 2.32. The molecule has 8 rings (SSSR count). The number of hydrogen-bond donors (Lipinski definition) is 2. The van der Waals surface area contributed by atoms with Gasteiger partial charge in [0, 0.05) is 56.6 Å². The molecule has 0 unspecified atom stereocenters. The molecule has 0 saturated carbocycles. The number of ether oxygens (including phenoxy) is 3. The van der Waals surface area contributed by atoms with Crippen LogP contribution in [0.15, 0.2) is 105 Å². The fourth-order valence-electron chi connectivity index (χ4n) is 7.99. The van der Waals surface area contributed by atoms with E-state index in [2.05, 4.69) is 79.6 Å². The first-order valence-electron chi connectivity index (χ1n) is 21.6. The minimum absolute atomic E-state index is 0.0957. The summed E-state index contributed by atoms with van der Waals surface area (Å²) in [5, 5.41) is 23.5. The van der Waals surface area contributed by atoms with Gasteiger partial charge in [-0.1, -0.05) is 24.3 Å². The molecule has 4 heterocycles. The van der Waals surface area contributed by atoms with Crippen molar-refractivity contribution in [3.63, 3.8) is 0 Å². The maximum absolute atomic E-state index is 12.8. The van der Waals surface area contributed by atoms with Crippen LogP contribution in [0.2, 0.25) is 0 Å². The van der Waals surface area contributed by atoms with Crippen LogP contribution in [-0.4, -0.2) is 105 Å². The zero-order chi connectivity index (χ0) is 45.5. The molecule has 0 spiro atoms. The number of methoxy groups -OCH3 is 2. The topological polar surface area (TPSA) is 172 Å². The van der Waals surface area contributed by atoms with Crippen LogP contribution in [0.25, 0.3) is 11.4 Å². The van der Waals surface area contributed by atoms with Crippen LogP contribution in [0.4, 0.5) is 0 Å². The lowest BCUT2D eigenvalue weighted by molar-refractivity contribution is -0.122. The zero-order valence-electron chi connectivity index (χ0n) is 37.3. The lowest BCUT2D eigenvalue weighted by Crippen LogP contribution is -2.25. The molecule has 336 valence electrons. The largest absolute Gasteiger partial charge is 0.497 e. The number of carbonyl (C=O) groups is 2. The maximum Gasteiger partial charge on any atom is 0.222 e. The Bertz CT molecular complexity index is 2550. The molecule has 2 N–H and O–H groups in total. The zero-order valence-corrected chi connectivity index (χ0v) is 39.0. The van der Waals surface area contributed by atoms with Crippen molar-refractivity contribution in [3.05, 3.63) is 130 Å². The van der Waals surface area contributed by atoms with E-state index in [0.717, 1.165) is 66.3 Å².